The second-order valence-corrected chi connectivity index (χ2v) is 8.46. The lowest BCUT2D eigenvalue weighted by Gasteiger charge is -2.33. The summed E-state index contributed by atoms with van der Waals surface area (Å²) in [5.41, 5.74) is 3.72. The van der Waals surface area contributed by atoms with E-state index >= 15 is 0 Å². The first-order valence-electron chi connectivity index (χ1n) is 11.1. The van der Waals surface area contributed by atoms with Crippen molar-refractivity contribution in [2.45, 2.75) is 45.6 Å². The Bertz CT molecular complexity index is 1370. The maximum Gasteiger partial charge on any atom is 0.419 e. The Morgan fingerprint density at radius 3 is 2.91 bits per heavy atom. The van der Waals surface area contributed by atoms with Gasteiger partial charge < -0.3 is 13.8 Å². The first-order chi connectivity index (χ1) is 16.0. The molecule has 5 rings (SSSR count). The van der Waals surface area contributed by atoms with Crippen LogP contribution in [0.5, 0.6) is 0 Å². The van der Waals surface area contributed by atoms with Crippen molar-refractivity contribution in [3.63, 3.8) is 0 Å². The van der Waals surface area contributed by atoms with E-state index in [0.29, 0.717) is 35.8 Å². The molecule has 33 heavy (non-hydrogen) atoms. The van der Waals surface area contributed by atoms with Crippen LogP contribution < -0.4 is 5.76 Å². The molecule has 0 radical (unpaired) electrons. The van der Waals surface area contributed by atoms with Crippen molar-refractivity contribution in [1.29, 1.82) is 0 Å². The largest absolute Gasteiger partial charge is 0.419 e. The first kappa shape index (κ1) is 21.1. The summed E-state index contributed by atoms with van der Waals surface area (Å²) in [6.45, 7) is 5.27. The van der Waals surface area contributed by atoms with Crippen molar-refractivity contribution in [2.75, 3.05) is 13.1 Å². The van der Waals surface area contributed by atoms with Crippen LogP contribution >= 0.6 is 0 Å². The van der Waals surface area contributed by atoms with E-state index in [2.05, 4.69) is 10.1 Å². The average molecular weight is 447 g/mol. The lowest BCUT2D eigenvalue weighted by atomic mass is 9.91. The summed E-state index contributed by atoms with van der Waals surface area (Å²) in [5.74, 6) is 0.961. The number of para-hydroxylation sites is 2. The Balaban J connectivity index is 1.33. The molecule has 1 saturated heterocycles. The van der Waals surface area contributed by atoms with Crippen LogP contribution in [0.1, 0.15) is 42.4 Å². The number of fused-ring (bicyclic) bond motifs is 1. The van der Waals surface area contributed by atoms with Crippen LogP contribution in [0.15, 0.2) is 50.3 Å². The van der Waals surface area contributed by atoms with Crippen LogP contribution in [-0.2, 0) is 11.3 Å². The number of benzene rings is 1. The quantitative estimate of drug-likeness (QED) is 0.461. The van der Waals surface area contributed by atoms with Gasteiger partial charge in [0.15, 0.2) is 11.3 Å². The normalized spacial score (nSPS) is 16.4. The van der Waals surface area contributed by atoms with Crippen molar-refractivity contribution < 1.29 is 13.7 Å². The molecule has 0 saturated carbocycles. The summed E-state index contributed by atoms with van der Waals surface area (Å²) in [6.07, 6.45) is 3.80. The Labute approximate surface area is 190 Å². The molecule has 4 heterocycles. The molecule has 170 valence electrons. The third kappa shape index (κ3) is 4.18. The standard InChI is InChI=1S/C24H25N5O4/c1-15-12-21(33-27-15)18-13-25-16(2)26-23(18)17-6-5-10-28(14-17)22(30)9-11-29-19-7-3-4-8-20(19)32-24(29)31/h3-4,7-8,12-13,17H,5-6,9-11,14H2,1-2H3. The van der Waals surface area contributed by atoms with E-state index in [9.17, 15) is 9.59 Å². The molecular formula is C24H25N5O4. The summed E-state index contributed by atoms with van der Waals surface area (Å²) < 4.78 is 12.3. The fourth-order valence-electron chi connectivity index (χ4n) is 4.50. The van der Waals surface area contributed by atoms with Gasteiger partial charge in [0.25, 0.3) is 0 Å². The van der Waals surface area contributed by atoms with E-state index in [-0.39, 0.29) is 24.8 Å². The van der Waals surface area contributed by atoms with Crippen molar-refractivity contribution >= 4 is 17.0 Å². The highest BCUT2D eigenvalue weighted by Gasteiger charge is 2.29. The van der Waals surface area contributed by atoms with Crippen LogP contribution in [0, 0.1) is 13.8 Å². The Hall–Kier alpha value is -3.75. The Morgan fingerprint density at radius 1 is 1.24 bits per heavy atom. The van der Waals surface area contributed by atoms with Crippen LogP contribution in [0.4, 0.5) is 0 Å². The highest BCUT2D eigenvalue weighted by atomic mass is 16.5. The number of oxazole rings is 1. The van der Waals surface area contributed by atoms with Gasteiger partial charge in [0, 0.05) is 44.2 Å². The van der Waals surface area contributed by atoms with E-state index in [1.165, 1.54) is 4.57 Å². The number of hydrogen-bond donors (Lipinski definition) is 0. The lowest BCUT2D eigenvalue weighted by molar-refractivity contribution is -0.132. The lowest BCUT2D eigenvalue weighted by Crippen LogP contribution is -2.40. The third-order valence-electron chi connectivity index (χ3n) is 6.12. The molecule has 1 atom stereocenters. The van der Waals surface area contributed by atoms with Gasteiger partial charge in [0.1, 0.15) is 5.82 Å². The fourth-order valence-corrected chi connectivity index (χ4v) is 4.50. The van der Waals surface area contributed by atoms with Gasteiger partial charge in [-0.2, -0.15) is 0 Å². The van der Waals surface area contributed by atoms with Crippen LogP contribution in [0.3, 0.4) is 0 Å². The number of piperidine rings is 1. The van der Waals surface area contributed by atoms with E-state index in [0.717, 1.165) is 29.8 Å². The topological polar surface area (TPSA) is 107 Å². The maximum atomic E-state index is 13.1. The van der Waals surface area contributed by atoms with Gasteiger partial charge in [0.2, 0.25) is 5.91 Å². The number of carbonyl (C=O) groups excluding carboxylic acids is 1. The minimum atomic E-state index is -0.441. The molecule has 1 fully saturated rings. The molecule has 9 heteroatoms. The number of rotatable bonds is 5. The Morgan fingerprint density at radius 2 is 2.09 bits per heavy atom. The van der Waals surface area contributed by atoms with Crippen LogP contribution in [-0.4, -0.2) is 43.6 Å². The SMILES string of the molecule is Cc1cc(-c2cnc(C)nc2C2CCCN(C(=O)CCn3c(=O)oc4ccccc43)C2)on1. The Kier molecular flexibility index (Phi) is 5.53. The van der Waals surface area contributed by atoms with Crippen molar-refractivity contribution in [3.8, 4) is 11.3 Å². The van der Waals surface area contributed by atoms with Crippen LogP contribution in [0.2, 0.25) is 0 Å². The van der Waals surface area contributed by atoms with Crippen molar-refractivity contribution in [2.24, 2.45) is 0 Å². The fraction of sp³-hybridized carbons (Fsp3) is 0.375. The zero-order valence-corrected chi connectivity index (χ0v) is 18.7. The van der Waals surface area contributed by atoms with Gasteiger partial charge in [0.05, 0.1) is 22.5 Å². The highest BCUT2D eigenvalue weighted by molar-refractivity contribution is 5.77. The van der Waals surface area contributed by atoms with Crippen molar-refractivity contribution in [1.82, 2.24) is 24.6 Å². The minimum Gasteiger partial charge on any atom is -0.408 e. The molecule has 1 unspecified atom stereocenters. The number of likely N-dealkylation sites (tertiary alicyclic amines) is 1. The summed E-state index contributed by atoms with van der Waals surface area (Å²) >= 11 is 0. The monoisotopic (exact) mass is 447 g/mol. The van der Waals surface area contributed by atoms with Crippen molar-refractivity contribution in [3.05, 3.63) is 64.3 Å². The number of hydrogen-bond acceptors (Lipinski definition) is 7. The number of nitrogens with zero attached hydrogens (tertiary/aromatic N) is 5. The molecule has 3 aromatic heterocycles. The van der Waals surface area contributed by atoms with Gasteiger partial charge in [-0.15, -0.1) is 0 Å². The average Bonchev–Trinajstić information content (AvgIpc) is 3.39. The molecule has 4 aromatic rings. The highest BCUT2D eigenvalue weighted by Crippen LogP contribution is 2.33. The molecule has 0 bridgehead atoms. The molecular weight excluding hydrogens is 422 g/mol. The maximum absolute atomic E-state index is 13.1. The van der Waals surface area contributed by atoms with Crippen LogP contribution in [0.25, 0.3) is 22.4 Å². The predicted octanol–water partition coefficient (Wildman–Crippen LogP) is 3.45. The second-order valence-electron chi connectivity index (χ2n) is 8.46. The molecule has 0 N–H and O–H groups in total. The summed E-state index contributed by atoms with van der Waals surface area (Å²) in [4.78, 5) is 36.2. The molecule has 1 aliphatic rings. The number of carbonyl (C=O) groups is 1. The number of amides is 1. The second kappa shape index (κ2) is 8.65. The van der Waals surface area contributed by atoms with Gasteiger partial charge in [-0.3, -0.25) is 9.36 Å². The molecule has 1 aliphatic heterocycles. The minimum absolute atomic E-state index is 0.0136. The van der Waals surface area contributed by atoms with Gasteiger partial charge in [-0.1, -0.05) is 17.3 Å². The number of aryl methyl sites for hydroxylation is 3. The van der Waals surface area contributed by atoms with Gasteiger partial charge in [-0.25, -0.2) is 14.8 Å². The first-order valence-corrected chi connectivity index (χ1v) is 11.1. The molecule has 9 nitrogen and oxygen atoms in total. The predicted molar refractivity (Wildman–Crippen MR) is 121 cm³/mol. The van der Waals surface area contributed by atoms with E-state index in [1.807, 2.05) is 43.0 Å². The molecule has 1 aromatic carbocycles. The summed E-state index contributed by atoms with van der Waals surface area (Å²) in [6, 6.07) is 9.11. The molecule has 0 aliphatic carbocycles. The molecule has 0 spiro atoms. The summed E-state index contributed by atoms with van der Waals surface area (Å²) in [5, 5.41) is 3.99. The van der Waals surface area contributed by atoms with Gasteiger partial charge >= 0.3 is 5.76 Å². The molecule has 1 amide bonds. The van der Waals surface area contributed by atoms with E-state index in [1.54, 1.807) is 12.3 Å². The third-order valence-corrected chi connectivity index (χ3v) is 6.12. The summed E-state index contributed by atoms with van der Waals surface area (Å²) in [7, 11) is 0. The van der Waals surface area contributed by atoms with E-state index < -0.39 is 5.76 Å². The zero-order valence-electron chi connectivity index (χ0n) is 18.7. The zero-order chi connectivity index (χ0) is 22.9. The smallest absolute Gasteiger partial charge is 0.408 e. The van der Waals surface area contributed by atoms with E-state index in [4.69, 9.17) is 13.9 Å². The van der Waals surface area contributed by atoms with Gasteiger partial charge in [-0.05, 0) is 38.8 Å². The number of aromatic nitrogens is 4.